The number of ether oxygens (including phenoxy) is 1. The summed E-state index contributed by atoms with van der Waals surface area (Å²) < 4.78 is 10.4. The standard InChI is InChI=1S/C22H24N4O4/c1-26(15-19(27)23-17-7-4-3-5-8-17)21(28)10-6-9-20-24-22(25-30-20)16-11-13-18(29-2)14-12-16/h3-5,7-8,11-14H,6,9-10,15H2,1-2H3,(H,23,27). The molecule has 3 rings (SSSR count). The summed E-state index contributed by atoms with van der Waals surface area (Å²) in [6, 6.07) is 16.5. The van der Waals surface area contributed by atoms with E-state index >= 15 is 0 Å². The number of nitrogens with zero attached hydrogens (tertiary/aromatic N) is 3. The Bertz CT molecular complexity index is 970. The third-order valence-corrected chi connectivity index (χ3v) is 4.46. The van der Waals surface area contributed by atoms with Crippen molar-refractivity contribution in [3.8, 4) is 17.1 Å². The second-order valence-corrected chi connectivity index (χ2v) is 6.76. The fourth-order valence-corrected chi connectivity index (χ4v) is 2.82. The number of anilines is 1. The maximum absolute atomic E-state index is 12.3. The summed E-state index contributed by atoms with van der Waals surface area (Å²) in [5, 5.41) is 6.74. The summed E-state index contributed by atoms with van der Waals surface area (Å²) in [5.41, 5.74) is 1.53. The van der Waals surface area contributed by atoms with Crippen LogP contribution in [0.5, 0.6) is 5.75 Å². The van der Waals surface area contributed by atoms with E-state index in [9.17, 15) is 9.59 Å². The molecule has 0 aliphatic rings. The molecule has 0 fully saturated rings. The molecule has 0 saturated heterocycles. The van der Waals surface area contributed by atoms with Gasteiger partial charge in [0, 0.05) is 31.1 Å². The normalized spacial score (nSPS) is 10.5. The van der Waals surface area contributed by atoms with Crippen molar-refractivity contribution in [2.24, 2.45) is 0 Å². The highest BCUT2D eigenvalue weighted by Crippen LogP contribution is 2.20. The third kappa shape index (κ3) is 5.91. The van der Waals surface area contributed by atoms with Crippen LogP contribution in [-0.2, 0) is 16.0 Å². The fraction of sp³-hybridized carbons (Fsp3) is 0.273. The van der Waals surface area contributed by atoms with Crippen LogP contribution in [0, 0.1) is 0 Å². The summed E-state index contributed by atoms with van der Waals surface area (Å²) in [5.74, 6) is 1.36. The predicted molar refractivity (Wildman–Crippen MR) is 112 cm³/mol. The zero-order chi connectivity index (χ0) is 21.3. The zero-order valence-electron chi connectivity index (χ0n) is 17.0. The van der Waals surface area contributed by atoms with Crippen LogP contribution in [0.2, 0.25) is 0 Å². The molecule has 1 N–H and O–H groups in total. The lowest BCUT2D eigenvalue weighted by Gasteiger charge is -2.16. The maximum Gasteiger partial charge on any atom is 0.243 e. The lowest BCUT2D eigenvalue weighted by molar-refractivity contribution is -0.133. The van der Waals surface area contributed by atoms with E-state index in [1.165, 1.54) is 4.90 Å². The zero-order valence-corrected chi connectivity index (χ0v) is 17.0. The summed E-state index contributed by atoms with van der Waals surface area (Å²) in [7, 11) is 3.22. The smallest absolute Gasteiger partial charge is 0.243 e. The second kappa shape index (κ2) is 10.2. The first kappa shape index (κ1) is 21.0. The summed E-state index contributed by atoms with van der Waals surface area (Å²) >= 11 is 0. The number of amides is 2. The molecule has 0 aliphatic carbocycles. The van der Waals surface area contributed by atoms with E-state index < -0.39 is 0 Å². The Labute approximate surface area is 174 Å². The third-order valence-electron chi connectivity index (χ3n) is 4.46. The van der Waals surface area contributed by atoms with Crippen molar-refractivity contribution in [1.82, 2.24) is 15.0 Å². The first-order chi connectivity index (χ1) is 14.5. The van der Waals surface area contributed by atoms with Gasteiger partial charge in [-0.15, -0.1) is 0 Å². The highest BCUT2D eigenvalue weighted by molar-refractivity contribution is 5.94. The quantitative estimate of drug-likeness (QED) is 0.584. The number of carbonyl (C=O) groups is 2. The van der Waals surface area contributed by atoms with Crippen LogP contribution in [0.25, 0.3) is 11.4 Å². The van der Waals surface area contributed by atoms with Crippen LogP contribution in [0.15, 0.2) is 59.1 Å². The molecule has 1 aromatic heterocycles. The Morgan fingerprint density at radius 2 is 1.83 bits per heavy atom. The molecule has 2 aromatic carbocycles. The number of nitrogens with one attached hydrogen (secondary N) is 1. The molecular formula is C22H24N4O4. The molecule has 0 atom stereocenters. The van der Waals surface area contributed by atoms with Crippen molar-refractivity contribution in [2.75, 3.05) is 26.0 Å². The van der Waals surface area contributed by atoms with Crippen LogP contribution in [0.1, 0.15) is 18.7 Å². The van der Waals surface area contributed by atoms with Gasteiger partial charge in [-0.2, -0.15) is 4.98 Å². The number of hydrogen-bond acceptors (Lipinski definition) is 6. The minimum Gasteiger partial charge on any atom is -0.497 e. The molecule has 0 unspecified atom stereocenters. The van der Waals surface area contributed by atoms with E-state index in [0.29, 0.717) is 30.2 Å². The second-order valence-electron chi connectivity index (χ2n) is 6.76. The Hall–Kier alpha value is -3.68. The summed E-state index contributed by atoms with van der Waals surface area (Å²) in [6.07, 6.45) is 1.32. The molecular weight excluding hydrogens is 384 g/mol. The number of benzene rings is 2. The van der Waals surface area contributed by atoms with Gasteiger partial charge in [-0.3, -0.25) is 9.59 Å². The lowest BCUT2D eigenvalue weighted by atomic mass is 10.2. The minimum atomic E-state index is -0.238. The van der Waals surface area contributed by atoms with E-state index in [1.54, 1.807) is 26.3 Å². The number of aryl methyl sites for hydroxylation is 1. The molecule has 3 aromatic rings. The van der Waals surface area contributed by atoms with E-state index in [2.05, 4.69) is 15.5 Å². The summed E-state index contributed by atoms with van der Waals surface area (Å²) in [6.45, 7) is -0.00406. The van der Waals surface area contributed by atoms with Crippen molar-refractivity contribution >= 4 is 17.5 Å². The number of methoxy groups -OCH3 is 1. The Morgan fingerprint density at radius 1 is 1.10 bits per heavy atom. The van der Waals surface area contributed by atoms with Crippen molar-refractivity contribution in [1.29, 1.82) is 0 Å². The molecule has 0 bridgehead atoms. The van der Waals surface area contributed by atoms with E-state index in [-0.39, 0.29) is 24.8 Å². The Balaban J connectivity index is 1.42. The number of likely N-dealkylation sites (N-methyl/N-ethyl adjacent to an activating group) is 1. The van der Waals surface area contributed by atoms with Gasteiger partial charge in [0.2, 0.25) is 23.5 Å². The van der Waals surface area contributed by atoms with E-state index in [0.717, 1.165) is 11.3 Å². The van der Waals surface area contributed by atoms with Gasteiger partial charge in [-0.05, 0) is 42.8 Å². The molecule has 0 radical (unpaired) electrons. The average Bonchev–Trinajstić information content (AvgIpc) is 3.23. The largest absolute Gasteiger partial charge is 0.497 e. The molecule has 0 aliphatic heterocycles. The SMILES string of the molecule is COc1ccc(-c2noc(CCCC(=O)N(C)CC(=O)Nc3ccccc3)n2)cc1. The molecule has 1 heterocycles. The Kier molecular flexibility index (Phi) is 7.15. The lowest BCUT2D eigenvalue weighted by Crippen LogP contribution is -2.34. The van der Waals surface area contributed by atoms with Gasteiger partial charge in [0.15, 0.2) is 0 Å². The number of aromatic nitrogens is 2. The number of rotatable bonds is 9. The average molecular weight is 408 g/mol. The van der Waals surface area contributed by atoms with Gasteiger partial charge in [-0.25, -0.2) is 0 Å². The number of para-hydroxylation sites is 1. The minimum absolute atomic E-state index is 0.00406. The van der Waals surface area contributed by atoms with Crippen LogP contribution in [-0.4, -0.2) is 47.6 Å². The number of carbonyl (C=O) groups excluding carboxylic acids is 2. The molecule has 156 valence electrons. The predicted octanol–water partition coefficient (Wildman–Crippen LogP) is 3.17. The van der Waals surface area contributed by atoms with Crippen LogP contribution in [0.3, 0.4) is 0 Å². The van der Waals surface area contributed by atoms with Gasteiger partial charge < -0.3 is 19.5 Å². The highest BCUT2D eigenvalue weighted by atomic mass is 16.5. The topological polar surface area (TPSA) is 97.6 Å². The molecule has 0 saturated carbocycles. The first-order valence-corrected chi connectivity index (χ1v) is 9.61. The Morgan fingerprint density at radius 3 is 2.53 bits per heavy atom. The number of hydrogen-bond donors (Lipinski definition) is 1. The van der Waals surface area contributed by atoms with Crippen LogP contribution >= 0.6 is 0 Å². The van der Waals surface area contributed by atoms with E-state index in [4.69, 9.17) is 9.26 Å². The highest BCUT2D eigenvalue weighted by Gasteiger charge is 2.14. The maximum atomic E-state index is 12.3. The van der Waals surface area contributed by atoms with Crippen molar-refractivity contribution in [3.63, 3.8) is 0 Å². The van der Waals surface area contributed by atoms with Crippen molar-refractivity contribution in [3.05, 3.63) is 60.5 Å². The molecule has 8 nitrogen and oxygen atoms in total. The molecule has 2 amide bonds. The van der Waals surface area contributed by atoms with Gasteiger partial charge in [0.05, 0.1) is 13.7 Å². The van der Waals surface area contributed by atoms with Crippen LogP contribution < -0.4 is 10.1 Å². The molecule has 0 spiro atoms. The summed E-state index contributed by atoms with van der Waals surface area (Å²) in [4.78, 5) is 30.1. The van der Waals surface area contributed by atoms with Gasteiger partial charge >= 0.3 is 0 Å². The van der Waals surface area contributed by atoms with Gasteiger partial charge in [-0.1, -0.05) is 23.4 Å². The molecule has 8 heteroatoms. The first-order valence-electron chi connectivity index (χ1n) is 9.61. The van der Waals surface area contributed by atoms with Crippen molar-refractivity contribution in [2.45, 2.75) is 19.3 Å². The monoisotopic (exact) mass is 408 g/mol. The fourth-order valence-electron chi connectivity index (χ4n) is 2.82. The van der Waals surface area contributed by atoms with Gasteiger partial charge in [0.1, 0.15) is 5.75 Å². The van der Waals surface area contributed by atoms with Gasteiger partial charge in [0.25, 0.3) is 0 Å². The van der Waals surface area contributed by atoms with E-state index in [1.807, 2.05) is 42.5 Å². The van der Waals surface area contributed by atoms with Crippen molar-refractivity contribution < 1.29 is 18.8 Å². The van der Waals surface area contributed by atoms with Crippen LogP contribution in [0.4, 0.5) is 5.69 Å². The molecule has 30 heavy (non-hydrogen) atoms.